The summed E-state index contributed by atoms with van der Waals surface area (Å²) in [6.45, 7) is -0.155. The number of para-hydroxylation sites is 4. The van der Waals surface area contributed by atoms with Crippen LogP contribution in [0.15, 0.2) is 120 Å². The lowest BCUT2D eigenvalue weighted by molar-refractivity contribution is 0.00321. The first-order chi connectivity index (χ1) is 33.1. The van der Waals surface area contributed by atoms with E-state index in [0.717, 1.165) is 23.7 Å². The van der Waals surface area contributed by atoms with E-state index in [4.69, 9.17) is 0 Å². The van der Waals surface area contributed by atoms with Crippen LogP contribution in [0.25, 0.3) is 39.2 Å². The van der Waals surface area contributed by atoms with Crippen LogP contribution in [0.3, 0.4) is 0 Å². The molecule has 0 saturated heterocycles. The standard InChI is InChI=1S/C59H47B2N5O/c67-57-63-52-32-21-36-23-34-19-30(26-58(34,36)28-32)46(52)50-55(63)62-54-48-42(40-15-7-9-17-44(40)65(60(48)50)38-11-3-1-4-12-38)25-43-41-16-8-10-18-45(41)66(39-13-5-2-6-14-39)61(49(43)54)51-47-31-20-35-24-37-22-33(29-59(35,37)27-31)53(47)64(57)56(51)62/h1-18,25,30-37H,19-24,26-29H2. The van der Waals surface area contributed by atoms with E-state index in [2.05, 4.69) is 138 Å². The van der Waals surface area contributed by atoms with Crippen LogP contribution in [0.1, 0.15) is 110 Å². The number of aromatic nitrogens is 3. The summed E-state index contributed by atoms with van der Waals surface area (Å²) in [4.78, 5) is 22.4. The molecule has 6 fully saturated rings. The Morgan fingerprint density at radius 2 is 0.866 bits per heavy atom. The maximum absolute atomic E-state index is 17.0. The van der Waals surface area contributed by atoms with Gasteiger partial charge >= 0.3 is 19.4 Å². The maximum atomic E-state index is 17.0. The van der Waals surface area contributed by atoms with Crippen LogP contribution < -0.4 is 37.2 Å². The van der Waals surface area contributed by atoms with E-state index < -0.39 is 0 Å². The predicted octanol–water partition coefficient (Wildman–Crippen LogP) is 9.60. The third-order valence-electron chi connectivity index (χ3n) is 22.3. The lowest BCUT2D eigenvalue weighted by atomic mass is 9.38. The molecule has 6 saturated carbocycles. The van der Waals surface area contributed by atoms with Gasteiger partial charge in [-0.2, -0.15) is 0 Å². The Balaban J connectivity index is 1.04. The van der Waals surface area contributed by atoms with E-state index in [9.17, 15) is 0 Å². The van der Waals surface area contributed by atoms with Crippen molar-refractivity contribution in [1.82, 2.24) is 13.4 Å². The van der Waals surface area contributed by atoms with Gasteiger partial charge in [0, 0.05) is 62.8 Å². The topological polar surface area (TPSA) is 37.3 Å². The van der Waals surface area contributed by atoms with Crippen molar-refractivity contribution in [3.8, 4) is 27.9 Å². The van der Waals surface area contributed by atoms with Gasteiger partial charge in [-0.3, -0.25) is 13.4 Å². The van der Waals surface area contributed by atoms with Crippen LogP contribution in [0.2, 0.25) is 0 Å². The van der Waals surface area contributed by atoms with Gasteiger partial charge in [0.05, 0.1) is 0 Å². The van der Waals surface area contributed by atoms with Crippen LogP contribution in [0, 0.1) is 34.5 Å². The third-order valence-corrected chi connectivity index (χ3v) is 22.3. The highest BCUT2D eigenvalue weighted by Gasteiger charge is 2.69. The molecule has 6 nitrogen and oxygen atoms in total. The summed E-state index contributed by atoms with van der Waals surface area (Å²) in [7, 11) is 0. The lowest BCUT2D eigenvalue weighted by Gasteiger charge is -2.49. The SMILES string of the molecule is O=c1n2c3c(c4c2n2c5c(c6c(n15)C1CC5CC7CC6CC75C1)B1c5c(cc6c(c5-2)B4N(c2ccccc2)c2ccccc2-6)-c2ccccc2N1c1ccccc1)C1CC2CC4CC3CC24C1. The number of hydrogen-bond acceptors (Lipinski definition) is 3. The van der Waals surface area contributed by atoms with E-state index in [-0.39, 0.29) is 19.4 Å². The monoisotopic (exact) mass is 863 g/mol. The molecular formula is C59H47B2N5O. The minimum Gasteiger partial charge on any atom is -0.376 e. The Morgan fingerprint density at radius 3 is 1.34 bits per heavy atom. The molecule has 7 heterocycles. The molecule has 0 N–H and O–H groups in total. The van der Waals surface area contributed by atoms with Crippen molar-refractivity contribution in [3.63, 3.8) is 0 Å². The van der Waals surface area contributed by atoms with Gasteiger partial charge in [-0.1, -0.05) is 72.8 Å². The van der Waals surface area contributed by atoms with Gasteiger partial charge in [0.25, 0.3) is 0 Å². The van der Waals surface area contributed by atoms with Crippen LogP contribution in [0.4, 0.5) is 22.7 Å². The van der Waals surface area contributed by atoms with Crippen molar-refractivity contribution in [2.75, 3.05) is 9.62 Å². The summed E-state index contributed by atoms with van der Waals surface area (Å²) in [5, 5.41) is 0. The lowest BCUT2D eigenvalue weighted by Crippen LogP contribution is -2.68. The fourth-order valence-corrected chi connectivity index (χ4v) is 20.5. The minimum atomic E-state index is -0.0777. The molecule has 4 aliphatic heterocycles. The number of hydrogen-bond donors (Lipinski definition) is 0. The summed E-state index contributed by atoms with van der Waals surface area (Å²) in [5.74, 6) is 5.13. The molecular weight excluding hydrogens is 816 g/mol. The Hall–Kier alpha value is -6.14. The largest absolute Gasteiger partial charge is 0.376 e. The molecule has 3 aromatic heterocycles. The molecule has 5 aromatic carbocycles. The molecule has 8 heteroatoms. The molecule has 0 radical (unpaired) electrons. The Bertz CT molecular complexity index is 3580. The number of rotatable bonds is 2. The molecule has 2 spiro atoms. The average molecular weight is 864 g/mol. The Morgan fingerprint density at radius 1 is 0.448 bits per heavy atom. The van der Waals surface area contributed by atoms with Crippen LogP contribution in [-0.4, -0.2) is 27.1 Å². The Kier molecular flexibility index (Phi) is 5.41. The van der Waals surface area contributed by atoms with E-state index in [1.807, 2.05) is 0 Å². The molecule has 0 amide bonds. The molecule has 6 bridgehead atoms. The van der Waals surface area contributed by atoms with Crippen molar-refractivity contribution in [1.29, 1.82) is 0 Å². The molecule has 8 aliphatic carbocycles. The summed E-state index contributed by atoms with van der Waals surface area (Å²) in [6.07, 6.45) is 13.0. The maximum Gasteiger partial charge on any atom is 0.340 e. The number of fused-ring (bicyclic) bond motifs is 20. The van der Waals surface area contributed by atoms with Gasteiger partial charge in [-0.15, -0.1) is 0 Å². The predicted molar refractivity (Wildman–Crippen MR) is 268 cm³/mol. The van der Waals surface area contributed by atoms with Gasteiger partial charge in [0.1, 0.15) is 11.3 Å². The van der Waals surface area contributed by atoms with Gasteiger partial charge in [-0.05, 0) is 197 Å². The molecule has 10 unspecified atom stereocenters. The van der Waals surface area contributed by atoms with E-state index >= 15 is 4.79 Å². The van der Waals surface area contributed by atoms with E-state index in [1.165, 1.54) is 159 Å². The number of anilines is 4. The molecule has 10 atom stereocenters. The second kappa shape index (κ2) is 10.6. The summed E-state index contributed by atoms with van der Waals surface area (Å²) in [5.41, 5.74) is 27.1. The van der Waals surface area contributed by atoms with Crippen LogP contribution in [-0.2, 0) is 0 Å². The quantitative estimate of drug-likeness (QED) is 0.163. The zero-order chi connectivity index (χ0) is 42.7. The molecule has 8 aromatic rings. The minimum absolute atomic E-state index is 0.0777. The first-order valence-electron chi connectivity index (χ1n) is 26.1. The van der Waals surface area contributed by atoms with Gasteiger partial charge < -0.3 is 9.62 Å². The highest BCUT2D eigenvalue weighted by atomic mass is 16.1. The van der Waals surface area contributed by atoms with Crippen molar-refractivity contribution < 1.29 is 0 Å². The van der Waals surface area contributed by atoms with Crippen molar-refractivity contribution >= 4 is 69.6 Å². The Labute approximate surface area is 389 Å². The van der Waals surface area contributed by atoms with Crippen LogP contribution >= 0.6 is 0 Å². The van der Waals surface area contributed by atoms with Gasteiger partial charge in [-0.25, -0.2) is 4.79 Å². The number of benzene rings is 5. The molecule has 67 heavy (non-hydrogen) atoms. The first-order valence-corrected chi connectivity index (χ1v) is 26.1. The molecule has 20 rings (SSSR count). The third kappa shape index (κ3) is 3.37. The van der Waals surface area contributed by atoms with Gasteiger partial charge in [0.2, 0.25) is 0 Å². The zero-order valence-electron chi connectivity index (χ0n) is 37.5. The highest BCUT2D eigenvalue weighted by molar-refractivity contribution is 6.98. The second-order valence-corrected chi connectivity index (χ2v) is 24.0. The second-order valence-electron chi connectivity index (χ2n) is 24.0. The molecule has 320 valence electrons. The fourth-order valence-electron chi connectivity index (χ4n) is 20.5. The first kappa shape index (κ1) is 34.2. The van der Waals surface area contributed by atoms with Crippen molar-refractivity contribution in [2.45, 2.75) is 87.9 Å². The summed E-state index contributed by atoms with van der Waals surface area (Å²) in [6, 6.07) is 43.9. The average Bonchev–Trinajstić information content (AvgIpc) is 4.15. The van der Waals surface area contributed by atoms with Crippen molar-refractivity contribution in [2.24, 2.45) is 34.5 Å². The molecule has 12 aliphatic rings. The van der Waals surface area contributed by atoms with Gasteiger partial charge in [0.15, 0.2) is 0 Å². The highest BCUT2D eigenvalue weighted by Crippen LogP contribution is 2.77. The summed E-state index contributed by atoms with van der Waals surface area (Å²) < 4.78 is 7.72. The number of nitrogens with zero attached hydrogens (tertiary/aromatic N) is 5. The van der Waals surface area contributed by atoms with Crippen molar-refractivity contribution in [3.05, 3.63) is 148 Å². The van der Waals surface area contributed by atoms with E-state index in [1.54, 1.807) is 11.1 Å². The summed E-state index contributed by atoms with van der Waals surface area (Å²) >= 11 is 0. The fraction of sp³-hybridized carbons (Fsp3) is 0.339. The van der Waals surface area contributed by atoms with Crippen LogP contribution in [0.5, 0.6) is 0 Å². The normalized spacial score (nSPS) is 32.8. The smallest absolute Gasteiger partial charge is 0.340 e. The van der Waals surface area contributed by atoms with E-state index in [0.29, 0.717) is 34.5 Å². The zero-order valence-corrected chi connectivity index (χ0v) is 37.5.